The van der Waals surface area contributed by atoms with Gasteiger partial charge in [0.25, 0.3) is 11.7 Å². The van der Waals surface area contributed by atoms with Crippen LogP contribution in [-0.2, 0) is 9.59 Å². The van der Waals surface area contributed by atoms with Gasteiger partial charge in [0.05, 0.1) is 18.2 Å². The second kappa shape index (κ2) is 13.8. The van der Waals surface area contributed by atoms with E-state index in [0.29, 0.717) is 18.7 Å². The highest BCUT2D eigenvalue weighted by molar-refractivity contribution is 6.46. The quantitative estimate of drug-likeness (QED) is 0.205. The molecule has 1 amide bonds. The summed E-state index contributed by atoms with van der Waals surface area (Å²) in [5, 5.41) is 11.2. The maximum atomic E-state index is 13.2. The number of benzene rings is 2. The monoisotopic (exact) mass is 492 g/mol. The van der Waals surface area contributed by atoms with Crippen molar-refractivity contribution >= 4 is 17.4 Å². The molecule has 1 atom stereocenters. The predicted molar refractivity (Wildman–Crippen MR) is 144 cm³/mol. The zero-order chi connectivity index (χ0) is 25.9. The number of amides is 1. The molecule has 1 N–H and O–H groups in total. The fourth-order valence-corrected chi connectivity index (χ4v) is 4.69. The molecule has 0 aliphatic carbocycles. The summed E-state index contributed by atoms with van der Waals surface area (Å²) in [6.45, 7) is 10.3. The molecule has 1 heterocycles. The number of hydrogen-bond donors (Lipinski definition) is 1. The normalized spacial score (nSPS) is 17.2. The number of likely N-dealkylation sites (tertiary alicyclic amines) is 1. The Labute approximate surface area is 215 Å². The van der Waals surface area contributed by atoms with E-state index >= 15 is 0 Å². The number of aliphatic hydroxyl groups excluding tert-OH is 1. The largest absolute Gasteiger partial charge is 0.507 e. The van der Waals surface area contributed by atoms with E-state index in [0.717, 1.165) is 63.1 Å². The second-order valence-corrected chi connectivity index (χ2v) is 9.26. The Hall–Kier alpha value is -3.12. The maximum absolute atomic E-state index is 13.2. The Morgan fingerprint density at radius 3 is 2.08 bits per heavy atom. The Morgan fingerprint density at radius 1 is 0.889 bits per heavy atom. The first kappa shape index (κ1) is 27.5. The van der Waals surface area contributed by atoms with E-state index in [1.807, 2.05) is 37.3 Å². The highest BCUT2D eigenvalue weighted by Crippen LogP contribution is 2.39. The number of nitrogens with zero attached hydrogens (tertiary/aromatic N) is 2. The minimum absolute atomic E-state index is 0.136. The Bertz CT molecular complexity index is 1010. The lowest BCUT2D eigenvalue weighted by Gasteiger charge is -2.27. The van der Waals surface area contributed by atoms with Crippen LogP contribution in [0.15, 0.2) is 60.2 Å². The summed E-state index contributed by atoms with van der Waals surface area (Å²) >= 11 is 0. The summed E-state index contributed by atoms with van der Waals surface area (Å²) in [6.07, 6.45) is 5.36. The molecule has 0 bridgehead atoms. The lowest BCUT2D eigenvalue weighted by Crippen LogP contribution is -2.34. The Morgan fingerprint density at radius 2 is 1.50 bits per heavy atom. The van der Waals surface area contributed by atoms with Gasteiger partial charge in [0.1, 0.15) is 11.5 Å². The van der Waals surface area contributed by atoms with Gasteiger partial charge in [-0.25, -0.2) is 0 Å². The predicted octanol–water partition coefficient (Wildman–Crippen LogP) is 5.80. The molecular formula is C30H40N2O4. The fraction of sp³-hybridized carbons (Fsp3) is 0.467. The molecule has 1 aliphatic rings. The Balaban J connectivity index is 1.90. The van der Waals surface area contributed by atoms with Gasteiger partial charge in [0.15, 0.2) is 0 Å². The van der Waals surface area contributed by atoms with Gasteiger partial charge in [0.2, 0.25) is 0 Å². The molecule has 2 aromatic rings. The number of ether oxygens (including phenoxy) is 1. The number of hydrogen-bond acceptors (Lipinski definition) is 5. The molecule has 36 heavy (non-hydrogen) atoms. The molecule has 0 radical (unpaired) electrons. The third kappa shape index (κ3) is 6.76. The zero-order valence-electron chi connectivity index (χ0n) is 21.9. The minimum Gasteiger partial charge on any atom is -0.507 e. The van der Waals surface area contributed by atoms with Crippen LogP contribution < -0.4 is 4.74 Å². The number of ketones is 1. The fourth-order valence-electron chi connectivity index (χ4n) is 4.69. The molecular weight excluding hydrogens is 452 g/mol. The number of carbonyl (C=O) groups is 2. The van der Waals surface area contributed by atoms with Crippen molar-refractivity contribution in [1.29, 1.82) is 0 Å². The van der Waals surface area contributed by atoms with Gasteiger partial charge in [-0.2, -0.15) is 0 Å². The number of Topliss-reactive ketones (excluding diaryl/α,β-unsaturated/α-hetero) is 1. The van der Waals surface area contributed by atoms with E-state index in [4.69, 9.17) is 4.74 Å². The van der Waals surface area contributed by atoms with E-state index in [1.165, 1.54) is 0 Å². The number of rotatable bonds is 14. The second-order valence-electron chi connectivity index (χ2n) is 9.26. The molecule has 0 aromatic heterocycles. The van der Waals surface area contributed by atoms with E-state index in [-0.39, 0.29) is 11.3 Å². The van der Waals surface area contributed by atoms with Crippen molar-refractivity contribution in [3.05, 3.63) is 71.3 Å². The summed E-state index contributed by atoms with van der Waals surface area (Å²) in [6, 6.07) is 15.8. The van der Waals surface area contributed by atoms with Crippen molar-refractivity contribution < 1.29 is 19.4 Å². The SMILES string of the molecule is CCCCN(CCCC)CCCN1C(=O)C(=O)/C(=C(\O)c2ccccc2)C1c1ccc(OCC)cc1. The summed E-state index contributed by atoms with van der Waals surface area (Å²) in [5.74, 6) is -0.601. The van der Waals surface area contributed by atoms with Crippen LogP contribution in [0.5, 0.6) is 5.75 Å². The van der Waals surface area contributed by atoms with Crippen LogP contribution in [0.3, 0.4) is 0 Å². The summed E-state index contributed by atoms with van der Waals surface area (Å²) in [5.41, 5.74) is 1.45. The van der Waals surface area contributed by atoms with E-state index < -0.39 is 17.7 Å². The van der Waals surface area contributed by atoms with Crippen molar-refractivity contribution in [3.8, 4) is 5.75 Å². The minimum atomic E-state index is -0.638. The number of unbranched alkanes of at least 4 members (excludes halogenated alkanes) is 2. The van der Waals surface area contributed by atoms with Crippen LogP contribution in [-0.4, -0.2) is 59.4 Å². The van der Waals surface area contributed by atoms with Crippen LogP contribution in [0.1, 0.15) is 70.0 Å². The van der Waals surface area contributed by atoms with Gasteiger partial charge in [-0.1, -0.05) is 69.2 Å². The standard InChI is InChI=1S/C30H40N2O4/c1-4-7-19-31(20-8-5-2)21-12-22-32-27(23-15-17-25(18-16-23)36-6-3)26(29(34)30(32)35)28(33)24-13-10-9-11-14-24/h9-11,13-18,27,33H,4-8,12,19-22H2,1-3H3/b28-26-. The van der Waals surface area contributed by atoms with E-state index in [9.17, 15) is 14.7 Å². The third-order valence-corrected chi connectivity index (χ3v) is 6.62. The lowest BCUT2D eigenvalue weighted by atomic mass is 9.95. The third-order valence-electron chi connectivity index (χ3n) is 6.62. The van der Waals surface area contributed by atoms with Gasteiger partial charge >= 0.3 is 0 Å². The highest BCUT2D eigenvalue weighted by Gasteiger charge is 2.45. The smallest absolute Gasteiger partial charge is 0.295 e. The summed E-state index contributed by atoms with van der Waals surface area (Å²) in [4.78, 5) is 30.5. The highest BCUT2D eigenvalue weighted by atomic mass is 16.5. The van der Waals surface area contributed by atoms with Crippen molar-refractivity contribution in [3.63, 3.8) is 0 Å². The van der Waals surface area contributed by atoms with E-state index in [2.05, 4.69) is 18.7 Å². The average Bonchev–Trinajstić information content (AvgIpc) is 3.15. The zero-order valence-corrected chi connectivity index (χ0v) is 21.9. The van der Waals surface area contributed by atoms with Gasteiger partial charge in [0, 0.05) is 12.1 Å². The first-order valence-electron chi connectivity index (χ1n) is 13.3. The van der Waals surface area contributed by atoms with Crippen molar-refractivity contribution in [2.75, 3.05) is 32.8 Å². The summed E-state index contributed by atoms with van der Waals surface area (Å²) < 4.78 is 5.58. The number of aliphatic hydroxyl groups is 1. The van der Waals surface area contributed by atoms with Gasteiger partial charge < -0.3 is 19.6 Å². The molecule has 1 unspecified atom stereocenters. The van der Waals surface area contributed by atoms with Gasteiger partial charge in [-0.05, 0) is 63.5 Å². The average molecular weight is 493 g/mol. The molecule has 2 aromatic carbocycles. The number of carbonyl (C=O) groups excluding carboxylic acids is 2. The van der Waals surface area contributed by atoms with Crippen molar-refractivity contribution in [1.82, 2.24) is 9.80 Å². The molecule has 3 rings (SSSR count). The molecule has 194 valence electrons. The molecule has 1 saturated heterocycles. The van der Waals surface area contributed by atoms with Crippen LogP contribution in [0.2, 0.25) is 0 Å². The molecule has 0 saturated carbocycles. The maximum Gasteiger partial charge on any atom is 0.295 e. The molecule has 6 nitrogen and oxygen atoms in total. The molecule has 6 heteroatoms. The van der Waals surface area contributed by atoms with E-state index in [1.54, 1.807) is 29.2 Å². The van der Waals surface area contributed by atoms with Gasteiger partial charge in [-0.3, -0.25) is 9.59 Å². The van der Waals surface area contributed by atoms with Crippen LogP contribution >= 0.6 is 0 Å². The van der Waals surface area contributed by atoms with Gasteiger partial charge in [-0.15, -0.1) is 0 Å². The van der Waals surface area contributed by atoms with Crippen LogP contribution in [0.4, 0.5) is 0 Å². The molecule has 0 spiro atoms. The topological polar surface area (TPSA) is 70.1 Å². The van der Waals surface area contributed by atoms with Crippen molar-refractivity contribution in [2.45, 2.75) is 58.9 Å². The summed E-state index contributed by atoms with van der Waals surface area (Å²) in [7, 11) is 0. The first-order chi connectivity index (χ1) is 17.5. The van der Waals surface area contributed by atoms with Crippen LogP contribution in [0.25, 0.3) is 5.76 Å². The van der Waals surface area contributed by atoms with Crippen LogP contribution in [0, 0.1) is 0 Å². The molecule has 1 aliphatic heterocycles. The lowest BCUT2D eigenvalue weighted by molar-refractivity contribution is -0.140. The molecule has 1 fully saturated rings. The van der Waals surface area contributed by atoms with Crippen molar-refractivity contribution in [2.24, 2.45) is 0 Å². The first-order valence-corrected chi connectivity index (χ1v) is 13.3. The Kier molecular flexibility index (Phi) is 10.6.